The third-order valence-corrected chi connectivity index (χ3v) is 4.53. The number of hydrogen-bond acceptors (Lipinski definition) is 3. The van der Waals surface area contributed by atoms with E-state index in [-0.39, 0.29) is 6.79 Å². The molecule has 2 aromatic rings. The van der Waals surface area contributed by atoms with Gasteiger partial charge in [-0.2, -0.15) is 0 Å². The number of aryl methyl sites for hydroxylation is 1. The van der Waals surface area contributed by atoms with Gasteiger partial charge in [0, 0.05) is 21.3 Å². The van der Waals surface area contributed by atoms with Crippen LogP contribution in [0.4, 0.5) is 0 Å². The van der Waals surface area contributed by atoms with Gasteiger partial charge in [-0.05, 0) is 58.7 Å². The molecule has 0 saturated carbocycles. The van der Waals surface area contributed by atoms with Crippen molar-refractivity contribution in [2.75, 3.05) is 13.9 Å². The summed E-state index contributed by atoms with van der Waals surface area (Å²) in [6, 6.07) is 10.2. The van der Waals surface area contributed by atoms with Crippen LogP contribution in [-0.4, -0.2) is 13.9 Å². The summed E-state index contributed by atoms with van der Waals surface area (Å²) in [5.41, 5.74) is 1.20. The zero-order valence-corrected chi connectivity index (χ0v) is 12.1. The molecule has 90 valence electrons. The molecular weight excluding hydrogens is 300 g/mol. The van der Waals surface area contributed by atoms with Gasteiger partial charge in [-0.15, -0.1) is 11.3 Å². The maximum Gasteiger partial charge on any atom is 0.188 e. The van der Waals surface area contributed by atoms with E-state index in [1.807, 2.05) is 12.1 Å². The van der Waals surface area contributed by atoms with Gasteiger partial charge in [0.25, 0.3) is 0 Å². The van der Waals surface area contributed by atoms with Gasteiger partial charge >= 0.3 is 0 Å². The standard InChI is InChI=1S/C13H13BrO2S/c1-9-12(14)7-13(17-9)10-3-5-11(6-4-10)16-8-15-2/h3-7H,8H2,1-2H3. The Labute approximate surface area is 113 Å². The first-order chi connectivity index (χ1) is 8.20. The molecule has 0 spiro atoms. The smallest absolute Gasteiger partial charge is 0.188 e. The minimum Gasteiger partial charge on any atom is -0.468 e. The fraction of sp³-hybridized carbons (Fsp3) is 0.231. The highest BCUT2D eigenvalue weighted by Crippen LogP contribution is 2.34. The summed E-state index contributed by atoms with van der Waals surface area (Å²) < 4.78 is 11.4. The Hall–Kier alpha value is -0.840. The predicted octanol–water partition coefficient (Wildman–Crippen LogP) is 4.47. The quantitative estimate of drug-likeness (QED) is 0.776. The topological polar surface area (TPSA) is 18.5 Å². The molecule has 0 saturated heterocycles. The lowest BCUT2D eigenvalue weighted by Gasteiger charge is -2.04. The summed E-state index contributed by atoms with van der Waals surface area (Å²) in [5.74, 6) is 0.822. The highest BCUT2D eigenvalue weighted by atomic mass is 79.9. The second-order valence-corrected chi connectivity index (χ2v) is 5.70. The zero-order valence-electron chi connectivity index (χ0n) is 9.70. The lowest BCUT2D eigenvalue weighted by Crippen LogP contribution is -1.98. The monoisotopic (exact) mass is 312 g/mol. The first-order valence-corrected chi connectivity index (χ1v) is 6.80. The van der Waals surface area contributed by atoms with Gasteiger partial charge in [-0.1, -0.05) is 0 Å². The van der Waals surface area contributed by atoms with E-state index in [2.05, 4.69) is 41.1 Å². The fourth-order valence-corrected chi connectivity index (χ4v) is 2.98. The number of methoxy groups -OCH3 is 1. The van der Waals surface area contributed by atoms with Crippen LogP contribution in [0.15, 0.2) is 34.8 Å². The molecule has 4 heteroatoms. The van der Waals surface area contributed by atoms with Crippen LogP contribution >= 0.6 is 27.3 Å². The number of ether oxygens (including phenoxy) is 2. The molecule has 2 nitrogen and oxygen atoms in total. The first kappa shape index (κ1) is 12.6. The third-order valence-electron chi connectivity index (χ3n) is 2.34. The third kappa shape index (κ3) is 3.09. The molecule has 0 aliphatic rings. The van der Waals surface area contributed by atoms with E-state index in [0.717, 1.165) is 10.2 Å². The van der Waals surface area contributed by atoms with E-state index >= 15 is 0 Å². The van der Waals surface area contributed by atoms with Gasteiger partial charge in [-0.25, -0.2) is 0 Å². The molecule has 1 aromatic heterocycles. The minimum absolute atomic E-state index is 0.281. The molecule has 0 N–H and O–H groups in total. The van der Waals surface area contributed by atoms with E-state index in [0.29, 0.717) is 0 Å². The maximum atomic E-state index is 5.35. The van der Waals surface area contributed by atoms with Gasteiger partial charge in [0.15, 0.2) is 6.79 Å². The van der Waals surface area contributed by atoms with Gasteiger partial charge in [0.1, 0.15) is 5.75 Å². The summed E-state index contributed by atoms with van der Waals surface area (Å²) >= 11 is 5.31. The van der Waals surface area contributed by atoms with Crippen LogP contribution in [0.2, 0.25) is 0 Å². The van der Waals surface area contributed by atoms with Crippen LogP contribution < -0.4 is 4.74 Å². The summed E-state index contributed by atoms with van der Waals surface area (Å²) in [4.78, 5) is 2.55. The second-order valence-electron chi connectivity index (χ2n) is 3.59. The van der Waals surface area contributed by atoms with Crippen LogP contribution in [-0.2, 0) is 4.74 Å². The number of hydrogen-bond donors (Lipinski definition) is 0. The van der Waals surface area contributed by atoms with Crippen molar-refractivity contribution in [2.45, 2.75) is 6.92 Å². The Balaban J connectivity index is 2.17. The van der Waals surface area contributed by atoms with Crippen LogP contribution in [0.5, 0.6) is 5.75 Å². The molecule has 1 aromatic carbocycles. The predicted molar refractivity (Wildman–Crippen MR) is 74.7 cm³/mol. The normalized spacial score (nSPS) is 10.5. The van der Waals surface area contributed by atoms with Crippen molar-refractivity contribution in [2.24, 2.45) is 0 Å². The Kier molecular flexibility index (Phi) is 4.20. The van der Waals surface area contributed by atoms with E-state index in [4.69, 9.17) is 9.47 Å². The Bertz CT molecular complexity index is 471. The summed E-state index contributed by atoms with van der Waals surface area (Å²) in [7, 11) is 1.61. The SMILES string of the molecule is COCOc1ccc(-c2cc(Br)c(C)s2)cc1. The van der Waals surface area contributed by atoms with Crippen molar-refractivity contribution < 1.29 is 9.47 Å². The molecule has 2 rings (SSSR count). The van der Waals surface area contributed by atoms with Crippen molar-refractivity contribution in [3.05, 3.63) is 39.7 Å². The molecule has 0 fully saturated rings. The van der Waals surface area contributed by atoms with Crippen molar-refractivity contribution >= 4 is 27.3 Å². The molecule has 1 heterocycles. The second kappa shape index (κ2) is 5.67. The van der Waals surface area contributed by atoms with Gasteiger partial charge in [0.2, 0.25) is 0 Å². The van der Waals surface area contributed by atoms with Crippen LogP contribution in [0.3, 0.4) is 0 Å². The minimum atomic E-state index is 0.281. The largest absolute Gasteiger partial charge is 0.468 e. The number of thiophene rings is 1. The van der Waals surface area contributed by atoms with Crippen molar-refractivity contribution in [1.82, 2.24) is 0 Å². The molecule has 0 atom stereocenters. The highest BCUT2D eigenvalue weighted by molar-refractivity contribution is 9.10. The summed E-state index contributed by atoms with van der Waals surface area (Å²) in [6.07, 6.45) is 0. The van der Waals surface area contributed by atoms with Crippen molar-refractivity contribution in [1.29, 1.82) is 0 Å². The molecular formula is C13H13BrO2S. The van der Waals surface area contributed by atoms with E-state index in [1.165, 1.54) is 15.3 Å². The average Bonchev–Trinajstić information content (AvgIpc) is 2.68. The van der Waals surface area contributed by atoms with E-state index < -0.39 is 0 Å². The van der Waals surface area contributed by atoms with E-state index in [1.54, 1.807) is 18.4 Å². The van der Waals surface area contributed by atoms with Gasteiger partial charge in [0.05, 0.1) is 0 Å². The highest BCUT2D eigenvalue weighted by Gasteiger charge is 2.05. The average molecular weight is 313 g/mol. The Morgan fingerprint density at radius 2 is 1.94 bits per heavy atom. The maximum absolute atomic E-state index is 5.35. The van der Waals surface area contributed by atoms with Crippen LogP contribution in [0.25, 0.3) is 10.4 Å². The zero-order chi connectivity index (χ0) is 12.3. The number of halogens is 1. The molecule has 0 bridgehead atoms. The van der Waals surface area contributed by atoms with Crippen molar-refractivity contribution in [3.8, 4) is 16.2 Å². The lowest BCUT2D eigenvalue weighted by atomic mass is 10.2. The fourth-order valence-electron chi connectivity index (χ4n) is 1.44. The van der Waals surface area contributed by atoms with Crippen molar-refractivity contribution in [3.63, 3.8) is 0 Å². The molecule has 0 amide bonds. The Morgan fingerprint density at radius 1 is 1.24 bits per heavy atom. The van der Waals surface area contributed by atoms with E-state index in [9.17, 15) is 0 Å². The molecule has 17 heavy (non-hydrogen) atoms. The van der Waals surface area contributed by atoms with Gasteiger partial charge in [-0.3, -0.25) is 0 Å². The molecule has 0 aliphatic carbocycles. The molecule has 0 unspecified atom stereocenters. The summed E-state index contributed by atoms with van der Waals surface area (Å²) in [5, 5.41) is 0. The molecule has 0 aliphatic heterocycles. The Morgan fingerprint density at radius 3 is 2.47 bits per heavy atom. The summed E-state index contributed by atoms with van der Waals surface area (Å²) in [6.45, 7) is 2.39. The number of rotatable bonds is 4. The molecule has 0 radical (unpaired) electrons. The van der Waals surface area contributed by atoms with Crippen LogP contribution in [0.1, 0.15) is 4.88 Å². The number of benzene rings is 1. The van der Waals surface area contributed by atoms with Gasteiger partial charge < -0.3 is 9.47 Å². The van der Waals surface area contributed by atoms with Crippen LogP contribution in [0, 0.1) is 6.92 Å². The lowest BCUT2D eigenvalue weighted by molar-refractivity contribution is 0.0511. The first-order valence-electron chi connectivity index (χ1n) is 5.19.